The number of furan rings is 1. The summed E-state index contributed by atoms with van der Waals surface area (Å²) in [5.41, 5.74) is 0.934. The quantitative estimate of drug-likeness (QED) is 0.885. The molecule has 0 spiro atoms. The van der Waals surface area contributed by atoms with Crippen molar-refractivity contribution in [2.24, 2.45) is 0 Å². The number of rotatable bonds is 6. The standard InChI is InChI=1S/C15H19NO4S/c1-16-15(14-9-6-12(20-14)10-19-2)11-4-7-13(8-5-11)21(3,17)18/h4-9,15-16H,10H2,1-3H3. The Balaban J connectivity index is 2.28. The van der Waals surface area contributed by atoms with Crippen molar-refractivity contribution >= 4 is 9.84 Å². The predicted molar refractivity (Wildman–Crippen MR) is 79.9 cm³/mol. The molecule has 2 rings (SSSR count). The molecule has 1 aromatic heterocycles. The fraction of sp³-hybridized carbons (Fsp3) is 0.333. The van der Waals surface area contributed by atoms with E-state index in [1.807, 2.05) is 19.2 Å². The van der Waals surface area contributed by atoms with Gasteiger partial charge in [0, 0.05) is 13.4 Å². The molecule has 21 heavy (non-hydrogen) atoms. The lowest BCUT2D eigenvalue weighted by molar-refractivity contribution is 0.162. The lowest BCUT2D eigenvalue weighted by atomic mass is 10.1. The first-order valence-electron chi connectivity index (χ1n) is 6.50. The van der Waals surface area contributed by atoms with Gasteiger partial charge < -0.3 is 14.5 Å². The van der Waals surface area contributed by atoms with Crippen LogP contribution >= 0.6 is 0 Å². The molecule has 0 aliphatic heterocycles. The molecule has 1 heterocycles. The van der Waals surface area contributed by atoms with Crippen molar-refractivity contribution in [2.75, 3.05) is 20.4 Å². The second-order valence-electron chi connectivity index (χ2n) is 4.80. The van der Waals surface area contributed by atoms with Gasteiger partial charge in [0.15, 0.2) is 9.84 Å². The SMILES string of the molecule is CNC(c1ccc(S(C)(=O)=O)cc1)c1ccc(COC)o1. The number of sulfone groups is 1. The number of nitrogens with one attached hydrogen (secondary N) is 1. The number of hydrogen-bond acceptors (Lipinski definition) is 5. The topological polar surface area (TPSA) is 68.5 Å². The number of hydrogen-bond donors (Lipinski definition) is 1. The molecule has 0 amide bonds. The first-order chi connectivity index (χ1) is 9.95. The van der Waals surface area contributed by atoms with E-state index in [0.29, 0.717) is 11.5 Å². The summed E-state index contributed by atoms with van der Waals surface area (Å²) < 4.78 is 33.7. The van der Waals surface area contributed by atoms with Crippen molar-refractivity contribution in [1.82, 2.24) is 5.32 Å². The van der Waals surface area contributed by atoms with E-state index in [1.165, 1.54) is 6.26 Å². The van der Waals surface area contributed by atoms with Crippen molar-refractivity contribution in [3.05, 3.63) is 53.5 Å². The summed E-state index contributed by atoms with van der Waals surface area (Å²) in [6.07, 6.45) is 1.20. The van der Waals surface area contributed by atoms with Crippen LogP contribution in [0.5, 0.6) is 0 Å². The largest absolute Gasteiger partial charge is 0.462 e. The minimum Gasteiger partial charge on any atom is -0.462 e. The zero-order chi connectivity index (χ0) is 15.5. The van der Waals surface area contributed by atoms with Gasteiger partial charge in [-0.3, -0.25) is 0 Å². The van der Waals surface area contributed by atoms with Crippen molar-refractivity contribution in [1.29, 1.82) is 0 Å². The molecular weight excluding hydrogens is 290 g/mol. The fourth-order valence-electron chi connectivity index (χ4n) is 2.15. The van der Waals surface area contributed by atoms with E-state index >= 15 is 0 Å². The molecule has 5 nitrogen and oxygen atoms in total. The average molecular weight is 309 g/mol. The molecule has 0 bridgehead atoms. The van der Waals surface area contributed by atoms with Crippen LogP contribution in [0.4, 0.5) is 0 Å². The second kappa shape index (κ2) is 6.43. The van der Waals surface area contributed by atoms with Gasteiger partial charge in [-0.2, -0.15) is 0 Å². The Morgan fingerprint density at radius 1 is 1.19 bits per heavy atom. The van der Waals surface area contributed by atoms with E-state index < -0.39 is 9.84 Å². The molecule has 0 aliphatic rings. The highest BCUT2D eigenvalue weighted by Crippen LogP contribution is 2.25. The molecule has 0 fully saturated rings. The summed E-state index contributed by atoms with van der Waals surface area (Å²) in [6.45, 7) is 0.420. The Hall–Kier alpha value is -1.63. The first-order valence-corrected chi connectivity index (χ1v) is 8.39. The smallest absolute Gasteiger partial charge is 0.175 e. The number of methoxy groups -OCH3 is 1. The van der Waals surface area contributed by atoms with Crippen molar-refractivity contribution < 1.29 is 17.6 Å². The molecule has 1 N–H and O–H groups in total. The zero-order valence-electron chi connectivity index (χ0n) is 12.3. The van der Waals surface area contributed by atoms with Crippen LogP contribution in [0.25, 0.3) is 0 Å². The first kappa shape index (κ1) is 15.8. The predicted octanol–water partition coefficient (Wildman–Crippen LogP) is 2.14. The van der Waals surface area contributed by atoms with Gasteiger partial charge in [0.1, 0.15) is 18.1 Å². The second-order valence-corrected chi connectivity index (χ2v) is 6.82. The van der Waals surface area contributed by atoms with E-state index in [9.17, 15) is 8.42 Å². The van der Waals surface area contributed by atoms with Crippen LogP contribution in [0.3, 0.4) is 0 Å². The third kappa shape index (κ3) is 3.72. The third-order valence-corrected chi connectivity index (χ3v) is 4.31. The molecular formula is C15H19NO4S. The normalized spacial score (nSPS) is 13.3. The van der Waals surface area contributed by atoms with E-state index in [-0.39, 0.29) is 6.04 Å². The Kier molecular flexibility index (Phi) is 4.82. The summed E-state index contributed by atoms with van der Waals surface area (Å²) in [7, 11) is 0.260. The summed E-state index contributed by atoms with van der Waals surface area (Å²) >= 11 is 0. The molecule has 1 unspecified atom stereocenters. The van der Waals surface area contributed by atoms with Gasteiger partial charge >= 0.3 is 0 Å². The fourth-order valence-corrected chi connectivity index (χ4v) is 2.78. The lowest BCUT2D eigenvalue weighted by Crippen LogP contribution is -2.17. The molecule has 1 aromatic carbocycles. The van der Waals surface area contributed by atoms with Crippen LogP contribution in [0, 0.1) is 0 Å². The van der Waals surface area contributed by atoms with Gasteiger partial charge in [0.25, 0.3) is 0 Å². The summed E-state index contributed by atoms with van der Waals surface area (Å²) in [5.74, 6) is 1.51. The monoisotopic (exact) mass is 309 g/mol. The Bertz CT molecular complexity index is 689. The zero-order valence-corrected chi connectivity index (χ0v) is 13.1. The summed E-state index contributed by atoms with van der Waals surface area (Å²) in [4.78, 5) is 0.306. The highest BCUT2D eigenvalue weighted by molar-refractivity contribution is 7.90. The third-order valence-electron chi connectivity index (χ3n) is 3.18. The molecule has 6 heteroatoms. The van der Waals surface area contributed by atoms with Crippen molar-refractivity contribution in [3.63, 3.8) is 0 Å². The maximum absolute atomic E-state index is 11.5. The molecule has 1 atom stereocenters. The minimum absolute atomic E-state index is 0.135. The van der Waals surface area contributed by atoms with Crippen LogP contribution in [0.2, 0.25) is 0 Å². The van der Waals surface area contributed by atoms with Gasteiger partial charge in [-0.1, -0.05) is 12.1 Å². The van der Waals surface area contributed by atoms with E-state index in [1.54, 1.807) is 31.4 Å². The Morgan fingerprint density at radius 3 is 2.38 bits per heavy atom. The maximum Gasteiger partial charge on any atom is 0.175 e. The van der Waals surface area contributed by atoms with E-state index in [4.69, 9.17) is 9.15 Å². The van der Waals surface area contributed by atoms with Crippen LogP contribution < -0.4 is 5.32 Å². The molecule has 0 saturated heterocycles. The molecule has 0 aliphatic carbocycles. The highest BCUT2D eigenvalue weighted by Gasteiger charge is 2.17. The van der Waals surface area contributed by atoms with E-state index in [2.05, 4.69) is 5.32 Å². The minimum atomic E-state index is -3.18. The van der Waals surface area contributed by atoms with Crippen molar-refractivity contribution in [3.8, 4) is 0 Å². The van der Waals surface area contributed by atoms with E-state index in [0.717, 1.165) is 17.1 Å². The van der Waals surface area contributed by atoms with Gasteiger partial charge in [-0.15, -0.1) is 0 Å². The van der Waals surface area contributed by atoms with Crippen LogP contribution in [0.1, 0.15) is 23.1 Å². The van der Waals surface area contributed by atoms with Crippen LogP contribution in [-0.2, 0) is 21.2 Å². The van der Waals surface area contributed by atoms with Gasteiger partial charge in [0.05, 0.1) is 10.9 Å². The van der Waals surface area contributed by atoms with Gasteiger partial charge in [-0.05, 0) is 36.9 Å². The van der Waals surface area contributed by atoms with Gasteiger partial charge in [-0.25, -0.2) is 8.42 Å². The molecule has 0 saturated carbocycles. The average Bonchev–Trinajstić information content (AvgIpc) is 2.88. The molecule has 0 radical (unpaired) electrons. The summed E-state index contributed by atoms with van der Waals surface area (Å²) in [5, 5.41) is 3.16. The number of benzene rings is 1. The highest BCUT2D eigenvalue weighted by atomic mass is 32.2. The molecule has 2 aromatic rings. The summed E-state index contributed by atoms with van der Waals surface area (Å²) in [6, 6.07) is 10.4. The maximum atomic E-state index is 11.5. The van der Waals surface area contributed by atoms with Crippen LogP contribution in [-0.4, -0.2) is 28.8 Å². The Morgan fingerprint density at radius 2 is 1.86 bits per heavy atom. The lowest BCUT2D eigenvalue weighted by Gasteiger charge is -2.14. The Labute approximate surface area is 124 Å². The van der Waals surface area contributed by atoms with Crippen LogP contribution in [0.15, 0.2) is 45.7 Å². The van der Waals surface area contributed by atoms with Gasteiger partial charge in [0.2, 0.25) is 0 Å². The molecule has 114 valence electrons. The number of ether oxygens (including phenoxy) is 1. The van der Waals surface area contributed by atoms with Crippen molar-refractivity contribution in [2.45, 2.75) is 17.5 Å².